The second-order valence-corrected chi connectivity index (χ2v) is 3.31. The fourth-order valence-electron chi connectivity index (χ4n) is 0.944. The Kier molecular flexibility index (Phi) is 10.1. The number of ether oxygens (including phenoxy) is 4. The number of esters is 3. The minimum absolute atomic E-state index is 0.0467. The van der Waals surface area contributed by atoms with Gasteiger partial charge in [0.2, 0.25) is 0 Å². The van der Waals surface area contributed by atoms with Gasteiger partial charge in [-0.25, -0.2) is 4.79 Å². The molecule has 0 spiro atoms. The number of methoxy groups -OCH3 is 1. The predicted molar refractivity (Wildman–Crippen MR) is 64.2 cm³/mol. The third-order valence-electron chi connectivity index (χ3n) is 1.84. The Morgan fingerprint density at radius 3 is 1.84 bits per heavy atom. The normalized spacial score (nSPS) is 9.53. The molecule has 0 bridgehead atoms. The van der Waals surface area contributed by atoms with Gasteiger partial charge >= 0.3 is 17.9 Å². The molecule has 0 aromatic heterocycles. The van der Waals surface area contributed by atoms with Crippen molar-refractivity contribution in [1.29, 1.82) is 0 Å². The van der Waals surface area contributed by atoms with E-state index in [0.29, 0.717) is 6.61 Å². The first-order valence-corrected chi connectivity index (χ1v) is 5.69. The average Bonchev–Trinajstić information content (AvgIpc) is 2.41. The highest BCUT2D eigenvalue weighted by atomic mass is 16.6. The van der Waals surface area contributed by atoms with E-state index in [0.717, 1.165) is 6.08 Å². The highest BCUT2D eigenvalue weighted by Gasteiger charge is 2.09. The summed E-state index contributed by atoms with van der Waals surface area (Å²) < 4.78 is 18.8. The van der Waals surface area contributed by atoms with Gasteiger partial charge in [0.15, 0.2) is 0 Å². The molecule has 0 saturated heterocycles. The van der Waals surface area contributed by atoms with Crippen LogP contribution in [0.25, 0.3) is 0 Å². The van der Waals surface area contributed by atoms with Crippen molar-refractivity contribution in [2.75, 3.05) is 33.5 Å². The minimum atomic E-state index is -0.585. The summed E-state index contributed by atoms with van der Waals surface area (Å²) in [5, 5.41) is 0. The third kappa shape index (κ3) is 11.0. The topological polar surface area (TPSA) is 88.1 Å². The van der Waals surface area contributed by atoms with Crippen LogP contribution in [0.4, 0.5) is 0 Å². The molecule has 0 aromatic carbocycles. The number of hydrogen-bond acceptors (Lipinski definition) is 7. The van der Waals surface area contributed by atoms with Crippen molar-refractivity contribution in [3.8, 4) is 0 Å². The molecule has 0 fully saturated rings. The molecule has 108 valence electrons. The van der Waals surface area contributed by atoms with Crippen LogP contribution in [0.5, 0.6) is 0 Å². The van der Waals surface area contributed by atoms with Crippen molar-refractivity contribution in [2.45, 2.75) is 12.8 Å². The van der Waals surface area contributed by atoms with E-state index >= 15 is 0 Å². The molecule has 0 N–H and O–H groups in total. The maximum absolute atomic E-state index is 11.2. The van der Waals surface area contributed by atoms with Crippen LogP contribution < -0.4 is 0 Å². The fourth-order valence-corrected chi connectivity index (χ4v) is 0.944. The van der Waals surface area contributed by atoms with Crippen LogP contribution in [-0.2, 0) is 33.3 Å². The Morgan fingerprint density at radius 1 is 0.895 bits per heavy atom. The lowest BCUT2D eigenvalue weighted by Gasteiger charge is -2.05. The lowest BCUT2D eigenvalue weighted by Crippen LogP contribution is -2.15. The van der Waals surface area contributed by atoms with Crippen molar-refractivity contribution in [2.24, 2.45) is 0 Å². The van der Waals surface area contributed by atoms with Gasteiger partial charge in [-0.2, -0.15) is 0 Å². The summed E-state index contributed by atoms with van der Waals surface area (Å²) in [4.78, 5) is 32.9. The van der Waals surface area contributed by atoms with Gasteiger partial charge in [0.1, 0.15) is 19.8 Å². The molecular weight excluding hydrogens is 256 g/mol. The van der Waals surface area contributed by atoms with Crippen molar-refractivity contribution in [3.05, 3.63) is 12.7 Å². The van der Waals surface area contributed by atoms with Crippen molar-refractivity contribution in [1.82, 2.24) is 0 Å². The smallest absolute Gasteiger partial charge is 0.330 e. The second kappa shape index (κ2) is 11.2. The van der Waals surface area contributed by atoms with Gasteiger partial charge in [0.05, 0.1) is 19.4 Å². The Hall–Kier alpha value is -1.89. The molecule has 19 heavy (non-hydrogen) atoms. The number of rotatable bonds is 10. The summed E-state index contributed by atoms with van der Waals surface area (Å²) in [6.45, 7) is 3.57. The molecule has 0 unspecified atom stereocenters. The van der Waals surface area contributed by atoms with Gasteiger partial charge in [-0.05, 0) is 0 Å². The number of hydrogen-bond donors (Lipinski definition) is 0. The summed E-state index contributed by atoms with van der Waals surface area (Å²) in [5.41, 5.74) is 0. The monoisotopic (exact) mass is 274 g/mol. The quantitative estimate of drug-likeness (QED) is 0.244. The van der Waals surface area contributed by atoms with Gasteiger partial charge in [-0.1, -0.05) is 6.58 Å². The van der Waals surface area contributed by atoms with E-state index in [9.17, 15) is 14.4 Å². The molecule has 0 atom stereocenters. The molecule has 0 saturated carbocycles. The maximum Gasteiger partial charge on any atom is 0.330 e. The lowest BCUT2D eigenvalue weighted by atomic mass is 10.3. The number of carbonyl (C=O) groups excluding carboxylic acids is 3. The first-order valence-electron chi connectivity index (χ1n) is 5.69. The van der Waals surface area contributed by atoms with E-state index in [1.807, 2.05) is 0 Å². The third-order valence-corrected chi connectivity index (χ3v) is 1.84. The van der Waals surface area contributed by atoms with Crippen LogP contribution in [0.15, 0.2) is 12.7 Å². The minimum Gasteiger partial charge on any atom is -0.463 e. The van der Waals surface area contributed by atoms with Crippen LogP contribution in [0.1, 0.15) is 12.8 Å². The summed E-state index contributed by atoms with van der Waals surface area (Å²) in [7, 11) is 1.49. The van der Waals surface area contributed by atoms with Crippen LogP contribution >= 0.6 is 0 Å². The highest BCUT2D eigenvalue weighted by molar-refractivity contribution is 5.81. The summed E-state index contributed by atoms with van der Waals surface area (Å²) in [6, 6.07) is 0. The van der Waals surface area contributed by atoms with Crippen molar-refractivity contribution >= 4 is 17.9 Å². The Balaban J connectivity index is 3.50. The SMILES string of the molecule is C=CC(=O)OCCOC(=O)CCC(=O)OCCOC. The van der Waals surface area contributed by atoms with E-state index in [1.54, 1.807) is 0 Å². The van der Waals surface area contributed by atoms with E-state index in [1.165, 1.54) is 7.11 Å². The first kappa shape index (κ1) is 17.1. The summed E-state index contributed by atoms with van der Waals surface area (Å²) >= 11 is 0. The fraction of sp³-hybridized carbons (Fsp3) is 0.583. The lowest BCUT2D eigenvalue weighted by molar-refractivity contribution is -0.153. The van der Waals surface area contributed by atoms with Gasteiger partial charge in [0.25, 0.3) is 0 Å². The van der Waals surface area contributed by atoms with Crippen molar-refractivity contribution in [3.63, 3.8) is 0 Å². The standard InChI is InChI=1S/C12H18O7/c1-3-10(13)17-8-9-19-12(15)5-4-11(14)18-7-6-16-2/h3H,1,4-9H2,2H3. The molecule has 0 aliphatic heterocycles. The highest BCUT2D eigenvalue weighted by Crippen LogP contribution is 1.96. The Bertz CT molecular complexity index is 311. The predicted octanol–water partition coefficient (Wildman–Crippen LogP) is 0.229. The zero-order chi connectivity index (χ0) is 14.5. The van der Waals surface area contributed by atoms with Crippen LogP contribution in [0.3, 0.4) is 0 Å². The first-order chi connectivity index (χ1) is 9.10. The second-order valence-electron chi connectivity index (χ2n) is 3.31. The largest absolute Gasteiger partial charge is 0.463 e. The molecular formula is C12H18O7. The summed E-state index contributed by atoms with van der Waals surface area (Å²) in [5.74, 6) is -1.64. The van der Waals surface area contributed by atoms with Crippen LogP contribution in [-0.4, -0.2) is 51.4 Å². The molecule has 0 rings (SSSR count). The molecule has 0 heterocycles. The van der Waals surface area contributed by atoms with Gasteiger partial charge in [0, 0.05) is 13.2 Å². The van der Waals surface area contributed by atoms with E-state index in [-0.39, 0.29) is 32.7 Å². The molecule has 7 nitrogen and oxygen atoms in total. The van der Waals surface area contributed by atoms with Gasteiger partial charge in [-0.15, -0.1) is 0 Å². The zero-order valence-corrected chi connectivity index (χ0v) is 10.9. The Morgan fingerprint density at radius 2 is 1.37 bits per heavy atom. The molecule has 7 heteroatoms. The summed E-state index contributed by atoms with van der Waals surface area (Å²) in [6.07, 6.45) is 0.869. The van der Waals surface area contributed by atoms with E-state index < -0.39 is 17.9 Å². The maximum atomic E-state index is 11.2. The molecule has 0 aromatic rings. The molecule has 0 radical (unpaired) electrons. The average molecular weight is 274 g/mol. The van der Waals surface area contributed by atoms with Crippen LogP contribution in [0, 0.1) is 0 Å². The van der Waals surface area contributed by atoms with E-state index in [4.69, 9.17) is 14.2 Å². The molecule has 0 amide bonds. The van der Waals surface area contributed by atoms with Gasteiger partial charge in [-0.3, -0.25) is 9.59 Å². The zero-order valence-electron chi connectivity index (χ0n) is 10.9. The molecule has 0 aliphatic rings. The van der Waals surface area contributed by atoms with E-state index in [2.05, 4.69) is 11.3 Å². The number of carbonyl (C=O) groups is 3. The van der Waals surface area contributed by atoms with Crippen molar-refractivity contribution < 1.29 is 33.3 Å². The Labute approximate surface area is 111 Å². The van der Waals surface area contributed by atoms with Gasteiger partial charge < -0.3 is 18.9 Å². The molecule has 0 aliphatic carbocycles. The van der Waals surface area contributed by atoms with Crippen LogP contribution in [0.2, 0.25) is 0 Å².